The minimum Gasteiger partial charge on any atom is -0.481 e. The molecule has 0 saturated heterocycles. The molecule has 5 rings (SSSR count). The van der Waals surface area contributed by atoms with Gasteiger partial charge in [0, 0.05) is 18.7 Å². The second-order valence-electron chi connectivity index (χ2n) is 9.64. The Morgan fingerprint density at radius 1 is 1.14 bits per heavy atom. The van der Waals surface area contributed by atoms with Crippen LogP contribution in [0.1, 0.15) is 53.2 Å². The standard InChI is InChI=1S/C29H31ClN2O5/c1-36-28-18(15-31-16-19(33)14-27(34)35)13-25(30)29(32-28)37-26-12-11-23-22(9-4-10-24(23)26)21-8-3-6-17-5-2-7-20(17)21/h3-4,6,8-10,13,19,26,31,33H,2,5,7,11-12,14-16H2,1H3,(H,34,35)/t19-,26-/m0/s1. The predicted molar refractivity (Wildman–Crippen MR) is 141 cm³/mol. The van der Waals surface area contributed by atoms with Crippen molar-refractivity contribution < 1.29 is 24.5 Å². The van der Waals surface area contributed by atoms with E-state index >= 15 is 0 Å². The number of pyridine rings is 1. The van der Waals surface area contributed by atoms with E-state index in [0.717, 1.165) is 25.7 Å². The van der Waals surface area contributed by atoms with Crippen LogP contribution in [0.2, 0.25) is 5.02 Å². The van der Waals surface area contributed by atoms with Gasteiger partial charge in [0.25, 0.3) is 0 Å². The van der Waals surface area contributed by atoms with Crippen LogP contribution in [0, 0.1) is 0 Å². The lowest BCUT2D eigenvalue weighted by molar-refractivity contribution is -0.139. The summed E-state index contributed by atoms with van der Waals surface area (Å²) in [6, 6.07) is 14.8. The number of hydrogen-bond acceptors (Lipinski definition) is 6. The molecule has 0 spiro atoms. The highest BCUT2D eigenvalue weighted by Crippen LogP contribution is 2.43. The van der Waals surface area contributed by atoms with Gasteiger partial charge >= 0.3 is 5.97 Å². The number of halogens is 1. The van der Waals surface area contributed by atoms with Crippen molar-refractivity contribution in [3.63, 3.8) is 0 Å². The van der Waals surface area contributed by atoms with E-state index in [0.29, 0.717) is 28.9 Å². The van der Waals surface area contributed by atoms with Gasteiger partial charge in [0.1, 0.15) is 11.1 Å². The van der Waals surface area contributed by atoms with Gasteiger partial charge < -0.3 is 25.0 Å². The summed E-state index contributed by atoms with van der Waals surface area (Å²) in [6.07, 6.45) is 3.80. The SMILES string of the molecule is COc1nc(O[C@H]2CCc3c(-c4cccc5c4CCC5)cccc32)c(Cl)cc1CNC[C@@H](O)CC(=O)O. The molecule has 2 aliphatic rings. The van der Waals surface area contributed by atoms with E-state index < -0.39 is 12.1 Å². The molecule has 0 radical (unpaired) electrons. The molecule has 0 unspecified atom stereocenters. The third kappa shape index (κ3) is 5.44. The Hall–Kier alpha value is -3.13. The van der Waals surface area contributed by atoms with Crippen LogP contribution < -0.4 is 14.8 Å². The van der Waals surface area contributed by atoms with E-state index in [2.05, 4.69) is 46.7 Å². The lowest BCUT2D eigenvalue weighted by Crippen LogP contribution is -2.28. The van der Waals surface area contributed by atoms with Gasteiger partial charge in [0.15, 0.2) is 0 Å². The molecule has 1 heterocycles. The zero-order chi connectivity index (χ0) is 25.9. The van der Waals surface area contributed by atoms with E-state index in [1.54, 1.807) is 6.07 Å². The third-order valence-electron chi connectivity index (χ3n) is 7.19. The number of aliphatic carboxylic acids is 1. The van der Waals surface area contributed by atoms with E-state index in [4.69, 9.17) is 26.2 Å². The molecule has 2 aromatic carbocycles. The Morgan fingerprint density at radius 3 is 2.70 bits per heavy atom. The van der Waals surface area contributed by atoms with Crippen molar-refractivity contribution in [2.75, 3.05) is 13.7 Å². The number of aryl methyl sites for hydroxylation is 1. The van der Waals surface area contributed by atoms with Crippen LogP contribution in [0.4, 0.5) is 0 Å². The van der Waals surface area contributed by atoms with Crippen LogP contribution in [0.25, 0.3) is 11.1 Å². The van der Waals surface area contributed by atoms with Gasteiger partial charge in [-0.2, -0.15) is 4.98 Å². The first kappa shape index (κ1) is 25.5. The van der Waals surface area contributed by atoms with Gasteiger partial charge in [-0.25, -0.2) is 0 Å². The number of carboxylic acids is 1. The molecule has 3 N–H and O–H groups in total. The Kier molecular flexibility index (Phi) is 7.65. The first-order chi connectivity index (χ1) is 17.9. The van der Waals surface area contributed by atoms with Gasteiger partial charge in [-0.3, -0.25) is 4.79 Å². The van der Waals surface area contributed by atoms with Gasteiger partial charge in [-0.1, -0.05) is 48.0 Å². The largest absolute Gasteiger partial charge is 0.481 e. The molecule has 0 fully saturated rings. The van der Waals surface area contributed by atoms with E-state index in [1.165, 1.54) is 46.9 Å². The van der Waals surface area contributed by atoms with E-state index in [9.17, 15) is 9.90 Å². The van der Waals surface area contributed by atoms with E-state index in [-0.39, 0.29) is 19.1 Å². The molecule has 0 saturated carbocycles. The molecule has 0 amide bonds. The molecular formula is C29H31ClN2O5. The molecule has 3 aromatic rings. The lowest BCUT2D eigenvalue weighted by atomic mass is 9.92. The quantitative estimate of drug-likeness (QED) is 0.348. The van der Waals surface area contributed by atoms with Gasteiger partial charge in [-0.05, 0) is 71.6 Å². The number of fused-ring (bicyclic) bond motifs is 2. The Balaban J connectivity index is 1.33. The summed E-state index contributed by atoms with van der Waals surface area (Å²) in [5.74, 6) is -0.366. The van der Waals surface area contributed by atoms with Crippen molar-refractivity contribution in [1.82, 2.24) is 10.3 Å². The zero-order valence-electron chi connectivity index (χ0n) is 20.8. The molecule has 7 nitrogen and oxygen atoms in total. The maximum Gasteiger partial charge on any atom is 0.306 e. The number of hydrogen-bond donors (Lipinski definition) is 3. The fourth-order valence-corrected chi connectivity index (χ4v) is 5.74. The average molecular weight is 523 g/mol. The molecule has 8 heteroatoms. The second-order valence-corrected chi connectivity index (χ2v) is 10.0. The molecule has 0 bridgehead atoms. The van der Waals surface area contributed by atoms with E-state index in [1.807, 2.05) is 0 Å². The van der Waals surface area contributed by atoms with Crippen molar-refractivity contribution in [2.45, 2.75) is 57.3 Å². The molecule has 2 atom stereocenters. The number of ether oxygens (including phenoxy) is 2. The maximum absolute atomic E-state index is 10.7. The van der Waals surface area contributed by atoms with Crippen LogP contribution in [0.5, 0.6) is 11.8 Å². The summed E-state index contributed by atoms with van der Waals surface area (Å²) in [6.45, 7) is 0.432. The van der Waals surface area contributed by atoms with Crippen molar-refractivity contribution in [3.8, 4) is 22.9 Å². The normalized spacial score (nSPS) is 16.8. The summed E-state index contributed by atoms with van der Waals surface area (Å²) in [5, 5.41) is 21.9. The minimum atomic E-state index is -1.05. The summed E-state index contributed by atoms with van der Waals surface area (Å²) in [5.41, 5.74) is 8.78. The van der Waals surface area contributed by atoms with Crippen LogP contribution in [-0.4, -0.2) is 40.9 Å². The molecule has 37 heavy (non-hydrogen) atoms. The summed E-state index contributed by atoms with van der Waals surface area (Å²) in [7, 11) is 1.53. The number of nitrogens with zero attached hydrogens (tertiary/aromatic N) is 1. The molecule has 0 aliphatic heterocycles. The number of aliphatic hydroxyl groups is 1. The number of benzene rings is 2. The Labute approximate surface area is 221 Å². The number of carboxylic acid groups (broad SMARTS) is 1. The summed E-state index contributed by atoms with van der Waals surface area (Å²) >= 11 is 6.57. The highest BCUT2D eigenvalue weighted by atomic mass is 35.5. The van der Waals surface area contributed by atoms with Crippen molar-refractivity contribution in [3.05, 3.63) is 75.3 Å². The summed E-state index contributed by atoms with van der Waals surface area (Å²) < 4.78 is 11.8. The number of carbonyl (C=O) groups is 1. The maximum atomic E-state index is 10.7. The number of rotatable bonds is 10. The second kappa shape index (κ2) is 11.1. The average Bonchev–Trinajstić information content (AvgIpc) is 3.52. The third-order valence-corrected chi connectivity index (χ3v) is 7.46. The smallest absolute Gasteiger partial charge is 0.306 e. The van der Waals surface area contributed by atoms with Crippen molar-refractivity contribution >= 4 is 17.6 Å². The van der Waals surface area contributed by atoms with Gasteiger partial charge in [-0.15, -0.1) is 0 Å². The molecule has 1 aromatic heterocycles. The van der Waals surface area contributed by atoms with Gasteiger partial charge in [0.05, 0.1) is 19.6 Å². The van der Waals surface area contributed by atoms with Crippen LogP contribution in [0.3, 0.4) is 0 Å². The van der Waals surface area contributed by atoms with Gasteiger partial charge in [0.2, 0.25) is 11.8 Å². The zero-order valence-corrected chi connectivity index (χ0v) is 21.6. The monoisotopic (exact) mass is 522 g/mol. The van der Waals surface area contributed by atoms with Crippen LogP contribution in [0.15, 0.2) is 42.5 Å². The highest BCUT2D eigenvalue weighted by molar-refractivity contribution is 6.31. The highest BCUT2D eigenvalue weighted by Gasteiger charge is 2.29. The lowest BCUT2D eigenvalue weighted by Gasteiger charge is -2.18. The first-order valence-corrected chi connectivity index (χ1v) is 13.1. The number of aliphatic hydroxyl groups excluding tert-OH is 1. The predicted octanol–water partition coefficient (Wildman–Crippen LogP) is 4.89. The first-order valence-electron chi connectivity index (χ1n) is 12.7. The number of methoxy groups -OCH3 is 1. The molecular weight excluding hydrogens is 492 g/mol. The topological polar surface area (TPSA) is 101 Å². The minimum absolute atomic E-state index is 0.122. The fourth-order valence-electron chi connectivity index (χ4n) is 5.52. The number of nitrogens with one attached hydrogen (secondary N) is 1. The Morgan fingerprint density at radius 2 is 1.92 bits per heavy atom. The Bertz CT molecular complexity index is 1310. The fraction of sp³-hybridized carbons (Fsp3) is 0.379. The molecule has 194 valence electrons. The number of aromatic nitrogens is 1. The van der Waals surface area contributed by atoms with Crippen LogP contribution in [-0.2, 0) is 30.6 Å². The van der Waals surface area contributed by atoms with Crippen molar-refractivity contribution in [1.29, 1.82) is 0 Å². The molecule has 2 aliphatic carbocycles. The summed E-state index contributed by atoms with van der Waals surface area (Å²) in [4.78, 5) is 15.3. The van der Waals surface area contributed by atoms with Crippen molar-refractivity contribution in [2.24, 2.45) is 0 Å². The van der Waals surface area contributed by atoms with Crippen LogP contribution >= 0.6 is 11.6 Å².